The lowest BCUT2D eigenvalue weighted by molar-refractivity contribution is -0.137. The summed E-state index contributed by atoms with van der Waals surface area (Å²) in [6.07, 6.45) is 22.6. The number of hydrogen-bond donors (Lipinski definition) is 4. The molecule has 4 saturated heterocycles. The molecule has 17 heterocycles. The highest BCUT2D eigenvalue weighted by molar-refractivity contribution is 6.32. The number of fused-ring (bicyclic) bond motifs is 20. The van der Waals surface area contributed by atoms with E-state index in [9.17, 15) is 33.6 Å². The van der Waals surface area contributed by atoms with E-state index in [2.05, 4.69) is 62.3 Å². The van der Waals surface area contributed by atoms with Crippen LogP contribution < -0.4 is 4.74 Å². The van der Waals surface area contributed by atoms with Gasteiger partial charge in [0.1, 0.15) is 45.1 Å². The van der Waals surface area contributed by atoms with Crippen LogP contribution in [0.25, 0.3) is 44.1 Å². The molecule has 117 heavy (non-hydrogen) atoms. The molecule has 0 radical (unpaired) electrons. The molecule has 12 aromatic rings. The summed E-state index contributed by atoms with van der Waals surface area (Å²) >= 11 is 25.0. The van der Waals surface area contributed by atoms with Crippen molar-refractivity contribution in [3.8, 4) is 5.75 Å². The average Bonchev–Trinajstić information content (AvgIpc) is 1.60. The first kappa shape index (κ1) is 81.4. The molecule has 8 aliphatic rings. The van der Waals surface area contributed by atoms with E-state index in [0.717, 1.165) is 157 Å². The number of benzene rings is 3. The van der Waals surface area contributed by atoms with Gasteiger partial charge < -0.3 is 43.4 Å². The van der Waals surface area contributed by atoms with Gasteiger partial charge in [0.15, 0.2) is 0 Å². The normalized spacial score (nSPS) is 21.2. The number of aromatic nitrogens is 9. The summed E-state index contributed by atoms with van der Waals surface area (Å²) in [5.41, 5.74) is 14.3. The molecule has 0 bridgehead atoms. The molecule has 4 N–H and O–H groups in total. The van der Waals surface area contributed by atoms with Crippen LogP contribution in [0.3, 0.4) is 0 Å². The van der Waals surface area contributed by atoms with Crippen molar-refractivity contribution in [1.82, 2.24) is 62.8 Å². The number of halogens is 7. The lowest BCUT2D eigenvalue weighted by Crippen LogP contribution is -2.39. The third kappa shape index (κ3) is 16.2. The Morgan fingerprint density at radius 2 is 0.752 bits per heavy atom. The van der Waals surface area contributed by atoms with E-state index in [4.69, 9.17) is 66.1 Å². The molecule has 20 rings (SSSR count). The van der Waals surface area contributed by atoms with Crippen molar-refractivity contribution >= 4 is 90.5 Å². The zero-order valence-electron chi connectivity index (χ0n) is 67.0. The minimum absolute atomic E-state index is 0.200. The summed E-state index contributed by atoms with van der Waals surface area (Å²) in [6.45, 7) is 17.9. The fourth-order valence-corrected chi connectivity index (χ4v) is 21.1. The Morgan fingerprint density at radius 1 is 0.419 bits per heavy atom. The highest BCUT2D eigenvalue weighted by Gasteiger charge is 2.42. The van der Waals surface area contributed by atoms with E-state index >= 15 is 0 Å². The summed E-state index contributed by atoms with van der Waals surface area (Å²) in [6, 6.07) is 33.6. The fourth-order valence-electron chi connectivity index (χ4n) is 20.5. The van der Waals surface area contributed by atoms with Crippen molar-refractivity contribution in [3.63, 3.8) is 0 Å². The van der Waals surface area contributed by atoms with Crippen LogP contribution in [0.4, 0.5) is 13.2 Å². The molecule has 614 valence electrons. The maximum absolute atomic E-state index is 13.0. The minimum atomic E-state index is -4.41. The van der Waals surface area contributed by atoms with E-state index in [-0.39, 0.29) is 6.54 Å². The van der Waals surface area contributed by atoms with Gasteiger partial charge in [-0.15, -0.1) is 0 Å². The van der Waals surface area contributed by atoms with E-state index < -0.39 is 34.6 Å². The Bertz CT molecular complexity index is 5610. The van der Waals surface area contributed by atoms with E-state index in [1.54, 1.807) is 45.0 Å². The number of rotatable bonds is 13. The third-order valence-electron chi connectivity index (χ3n) is 26.2. The molecule has 0 amide bonds. The Kier molecular flexibility index (Phi) is 23.1. The van der Waals surface area contributed by atoms with Gasteiger partial charge in [-0.05, 0) is 228 Å². The van der Waals surface area contributed by atoms with Crippen LogP contribution in [0.1, 0.15) is 200 Å². The van der Waals surface area contributed by atoms with E-state index in [1.807, 2.05) is 97.4 Å². The standard InChI is InChI=1S/C24H25ClF3N3O.C24H28ClN3O2.C23H25Cl2N3O.C21H24N4O/c1-23(32,15-5-7-16(8-6-15)24(26,27)28)14-31-20-9-11-30-10-3-2-4-19(30)21(20)18-12-17(25)13-29-22(18)31;1-24(29,16-6-8-18(30-2)9-7-16)15-28-21-10-12-27-11-4-3-5-20(27)22(21)19-13-17(25)14-26-23(19)28;1-23(29,15-5-7-16(24)8-6-15)14-28-20-9-11-27-10-3-2-4-19(27)21(20)18-12-17(25)13-26-22(18)28;1-14-11-16-20-17-3-2-9-24(17)10-6-18(20)25(21(16)23-12-14)13-19(26)15-4-7-22-8-5-15/h5-8,12-13,19,32H,2-4,9-11,14H2,1H3;6-9,13-14,20,29H,3-5,10-12,15H2,1-2H3;5-8,12-13,19,29H,2-4,9-11,14H2,1H3;4-5,7-8,11-12,17,19,26H,2-3,6,9-10,13H2,1H3. The summed E-state index contributed by atoms with van der Waals surface area (Å²) in [4.78, 5) is 33.2. The first-order chi connectivity index (χ1) is 56.3. The van der Waals surface area contributed by atoms with Gasteiger partial charge in [0.2, 0.25) is 0 Å². The maximum atomic E-state index is 13.0. The first-order valence-corrected chi connectivity index (χ1v) is 43.1. The Hall–Kier alpha value is -8.00. The second-order valence-electron chi connectivity index (χ2n) is 34.0. The molecule has 8 atom stereocenters. The highest BCUT2D eigenvalue weighted by Crippen LogP contribution is 2.49. The molecule has 18 nitrogen and oxygen atoms in total. The van der Waals surface area contributed by atoms with Gasteiger partial charge in [-0.3, -0.25) is 24.6 Å². The minimum Gasteiger partial charge on any atom is -0.497 e. The number of aryl methyl sites for hydroxylation is 1. The summed E-state index contributed by atoms with van der Waals surface area (Å²) in [7, 11) is 1.65. The van der Waals surface area contributed by atoms with Crippen LogP contribution >= 0.6 is 46.4 Å². The van der Waals surface area contributed by atoms with Gasteiger partial charge in [0.05, 0.1) is 60.0 Å². The van der Waals surface area contributed by atoms with Crippen LogP contribution in [0.5, 0.6) is 5.75 Å². The quantitative estimate of drug-likeness (QED) is 0.0854. The van der Waals surface area contributed by atoms with Gasteiger partial charge >= 0.3 is 6.18 Å². The highest BCUT2D eigenvalue weighted by atomic mass is 35.5. The molecule has 0 aliphatic carbocycles. The number of aliphatic hydroxyl groups excluding tert-OH is 1. The van der Waals surface area contributed by atoms with Gasteiger partial charge in [-0.25, -0.2) is 19.9 Å². The number of piperidine rings is 3. The molecule has 4 fully saturated rings. The second-order valence-corrected chi connectivity index (χ2v) is 35.8. The Morgan fingerprint density at radius 3 is 1.15 bits per heavy atom. The largest absolute Gasteiger partial charge is 0.497 e. The topological polar surface area (TPSA) is 187 Å². The number of methoxy groups -OCH3 is 1. The zero-order chi connectivity index (χ0) is 81.4. The van der Waals surface area contributed by atoms with Crippen LogP contribution in [-0.4, -0.2) is 143 Å². The van der Waals surface area contributed by atoms with Crippen LogP contribution in [0.2, 0.25) is 20.1 Å². The second kappa shape index (κ2) is 33.2. The molecule has 0 saturated carbocycles. The monoisotopic (exact) mass is 1670 g/mol. The third-order valence-corrected chi connectivity index (χ3v) is 27.0. The van der Waals surface area contributed by atoms with Crippen molar-refractivity contribution in [3.05, 3.63) is 245 Å². The average molecular weight is 1670 g/mol. The van der Waals surface area contributed by atoms with Gasteiger partial charge in [0.25, 0.3) is 0 Å². The van der Waals surface area contributed by atoms with Crippen molar-refractivity contribution in [2.75, 3.05) is 59.5 Å². The number of hydrogen-bond acceptors (Lipinski definition) is 14. The van der Waals surface area contributed by atoms with Gasteiger partial charge in [-0.2, -0.15) is 13.2 Å². The molecular weight excluding hydrogens is 1570 g/mol. The van der Waals surface area contributed by atoms with Crippen molar-refractivity contribution in [2.45, 2.75) is 203 Å². The molecule has 8 unspecified atom stereocenters. The predicted molar refractivity (Wildman–Crippen MR) is 455 cm³/mol. The fraction of sp³-hybridized carbons (Fsp3) is 0.446. The number of aliphatic hydroxyl groups is 4. The van der Waals surface area contributed by atoms with Crippen LogP contribution in [0, 0.1) is 6.92 Å². The van der Waals surface area contributed by atoms with Gasteiger partial charge in [-0.1, -0.05) is 102 Å². The van der Waals surface area contributed by atoms with E-state index in [1.165, 1.54) is 133 Å². The first-order valence-electron chi connectivity index (χ1n) is 41.6. The van der Waals surface area contributed by atoms with Gasteiger partial charge in [0, 0.05) is 163 Å². The molecule has 8 aliphatic heterocycles. The van der Waals surface area contributed by atoms with Crippen LogP contribution in [-0.2, 0) is 74.8 Å². The van der Waals surface area contributed by atoms with Crippen molar-refractivity contribution in [2.24, 2.45) is 0 Å². The molecule has 25 heteroatoms. The lowest BCUT2D eigenvalue weighted by atomic mass is 9.89. The lowest BCUT2D eigenvalue weighted by Gasteiger charge is -2.40. The summed E-state index contributed by atoms with van der Waals surface area (Å²) in [5.74, 6) is 0.784. The van der Waals surface area contributed by atoms with E-state index in [0.29, 0.717) is 69.5 Å². The van der Waals surface area contributed by atoms with Crippen LogP contribution in [0.15, 0.2) is 146 Å². The predicted octanol–water partition coefficient (Wildman–Crippen LogP) is 18.9. The SMILES string of the molecule is CC(O)(Cn1c2c(c3cc(Cl)cnc31)C1CCCCN1CC2)c1ccc(C(F)(F)F)cc1.CC(O)(Cn1c2c(c3cc(Cl)cnc31)C1CCCCN1CC2)c1ccc(Cl)cc1.COc1ccc(C(C)(O)Cn2c3c(c4cc(Cl)cnc42)C2CCCCN2CC3)cc1.Cc1cnc2c(c1)c1c(n2CC(O)c2ccncc2)CCN2CCCC12. The molecular formula is C92H102Cl4F3N13O5. The van der Waals surface area contributed by atoms with Crippen molar-refractivity contribution < 1.29 is 38.3 Å². The molecule has 3 aromatic carbocycles. The smallest absolute Gasteiger partial charge is 0.416 e. The molecule has 0 spiro atoms. The summed E-state index contributed by atoms with van der Waals surface area (Å²) < 4.78 is 52.9. The molecule has 9 aromatic heterocycles. The number of nitrogens with zero attached hydrogens (tertiary/aromatic N) is 13. The Balaban J connectivity index is 0.000000112. The maximum Gasteiger partial charge on any atom is 0.416 e. The zero-order valence-corrected chi connectivity index (χ0v) is 70.0. The Labute approximate surface area is 700 Å². The summed E-state index contributed by atoms with van der Waals surface area (Å²) in [5, 5.41) is 52.1. The van der Waals surface area contributed by atoms with Crippen molar-refractivity contribution in [1.29, 1.82) is 0 Å². The number of pyridine rings is 5. The number of alkyl halides is 3. The number of ether oxygens (including phenoxy) is 1.